The van der Waals surface area contributed by atoms with Crippen LogP contribution in [0, 0.1) is 20.8 Å². The number of thiazole rings is 1. The molecule has 0 radical (unpaired) electrons. The van der Waals surface area contributed by atoms with E-state index in [0.29, 0.717) is 13.0 Å². The highest BCUT2D eigenvalue weighted by Gasteiger charge is 2.13. The van der Waals surface area contributed by atoms with Crippen molar-refractivity contribution in [3.8, 4) is 10.6 Å². The first kappa shape index (κ1) is 19.2. The molecule has 1 aromatic carbocycles. The number of nitrogens with one attached hydrogen (secondary N) is 1. The predicted molar refractivity (Wildman–Crippen MR) is 112 cm³/mol. The maximum Gasteiger partial charge on any atom is 0.0914 e. The Balaban J connectivity index is 1.55. The van der Waals surface area contributed by atoms with E-state index in [1.807, 2.05) is 6.92 Å². The van der Waals surface area contributed by atoms with Gasteiger partial charge in [0.1, 0.15) is 0 Å². The molecule has 2 heterocycles. The smallest absolute Gasteiger partial charge is 0.0914 e. The van der Waals surface area contributed by atoms with Crippen LogP contribution in [0.4, 0.5) is 0 Å². The third-order valence-corrected chi connectivity index (χ3v) is 6.35. The summed E-state index contributed by atoms with van der Waals surface area (Å²) < 4.78 is 0. The molecule has 0 amide bonds. The highest BCUT2D eigenvalue weighted by Crippen LogP contribution is 2.30. The van der Waals surface area contributed by atoms with Gasteiger partial charge in [-0.1, -0.05) is 23.8 Å². The standard InChI is InChI=1S/C21H26N2OS2/c1-13-5-6-17(14(2)7-13)8-19(24)10-22-15(3)18-9-21(26-11-18)20-12-25-16(4)23-20/h5-7,9,11-12,15,19,22,24H,8,10H2,1-4H3. The summed E-state index contributed by atoms with van der Waals surface area (Å²) in [7, 11) is 0. The fourth-order valence-corrected chi connectivity index (χ4v) is 4.67. The molecule has 5 heteroatoms. The van der Waals surface area contributed by atoms with Gasteiger partial charge in [-0.05, 0) is 62.3 Å². The summed E-state index contributed by atoms with van der Waals surface area (Å²) >= 11 is 3.41. The second kappa shape index (κ2) is 8.44. The lowest BCUT2D eigenvalue weighted by atomic mass is 10.0. The molecule has 0 spiro atoms. The Hall–Kier alpha value is -1.53. The van der Waals surface area contributed by atoms with Crippen LogP contribution in [0.25, 0.3) is 10.6 Å². The summed E-state index contributed by atoms with van der Waals surface area (Å²) in [4.78, 5) is 5.76. The van der Waals surface area contributed by atoms with Crippen LogP contribution in [0.3, 0.4) is 0 Å². The van der Waals surface area contributed by atoms with Crippen LogP contribution in [0.2, 0.25) is 0 Å². The summed E-state index contributed by atoms with van der Waals surface area (Å²) in [6.07, 6.45) is 0.289. The van der Waals surface area contributed by atoms with Gasteiger partial charge in [0, 0.05) is 18.0 Å². The number of hydrogen-bond donors (Lipinski definition) is 2. The van der Waals surface area contributed by atoms with Crippen molar-refractivity contribution in [1.82, 2.24) is 10.3 Å². The first-order valence-electron chi connectivity index (χ1n) is 8.91. The molecule has 2 unspecified atom stereocenters. The van der Waals surface area contributed by atoms with Crippen LogP contribution >= 0.6 is 22.7 Å². The van der Waals surface area contributed by atoms with Gasteiger partial charge in [0.25, 0.3) is 0 Å². The van der Waals surface area contributed by atoms with Crippen LogP contribution in [-0.4, -0.2) is 22.7 Å². The van der Waals surface area contributed by atoms with E-state index in [2.05, 4.69) is 66.1 Å². The summed E-state index contributed by atoms with van der Waals surface area (Å²) in [5, 5.41) is 19.2. The molecule has 0 saturated heterocycles. The van der Waals surface area contributed by atoms with Crippen molar-refractivity contribution in [2.45, 2.75) is 46.3 Å². The van der Waals surface area contributed by atoms with E-state index >= 15 is 0 Å². The minimum absolute atomic E-state index is 0.202. The van der Waals surface area contributed by atoms with Gasteiger partial charge in [-0.15, -0.1) is 22.7 Å². The van der Waals surface area contributed by atoms with Crippen LogP contribution in [0.5, 0.6) is 0 Å². The maximum absolute atomic E-state index is 10.4. The topological polar surface area (TPSA) is 45.1 Å². The SMILES string of the molecule is Cc1ccc(CC(O)CNC(C)c2csc(-c3csc(C)n3)c2)c(C)c1. The van der Waals surface area contributed by atoms with E-state index in [0.717, 1.165) is 10.7 Å². The Morgan fingerprint density at radius 1 is 1.12 bits per heavy atom. The first-order chi connectivity index (χ1) is 12.4. The normalized spacial score (nSPS) is 13.7. The Morgan fingerprint density at radius 3 is 2.62 bits per heavy atom. The fourth-order valence-electron chi connectivity index (χ4n) is 3.02. The minimum Gasteiger partial charge on any atom is -0.391 e. The molecule has 0 aliphatic rings. The first-order valence-corrected chi connectivity index (χ1v) is 10.7. The Bertz CT molecular complexity index is 869. The van der Waals surface area contributed by atoms with Crippen molar-refractivity contribution in [3.63, 3.8) is 0 Å². The molecule has 2 N–H and O–H groups in total. The zero-order chi connectivity index (χ0) is 18.7. The average Bonchev–Trinajstić information content (AvgIpc) is 3.24. The molecule has 2 atom stereocenters. The summed E-state index contributed by atoms with van der Waals surface area (Å²) in [5.74, 6) is 0. The molecule has 0 saturated carbocycles. The van der Waals surface area contributed by atoms with Crippen molar-refractivity contribution in [2.24, 2.45) is 0 Å². The minimum atomic E-state index is -0.391. The summed E-state index contributed by atoms with van der Waals surface area (Å²) in [6.45, 7) is 8.96. The lowest BCUT2D eigenvalue weighted by Crippen LogP contribution is -2.30. The van der Waals surface area contributed by atoms with E-state index in [1.54, 1.807) is 22.7 Å². The van der Waals surface area contributed by atoms with Gasteiger partial charge in [-0.2, -0.15) is 0 Å². The van der Waals surface area contributed by atoms with E-state index in [-0.39, 0.29) is 6.04 Å². The fraction of sp³-hybridized carbons (Fsp3) is 0.381. The molecular formula is C21H26N2OS2. The predicted octanol–water partition coefficient (Wildman–Crippen LogP) is 5.05. The largest absolute Gasteiger partial charge is 0.391 e. The van der Waals surface area contributed by atoms with Crippen molar-refractivity contribution in [2.75, 3.05) is 6.54 Å². The van der Waals surface area contributed by atoms with Crippen LogP contribution in [-0.2, 0) is 6.42 Å². The van der Waals surface area contributed by atoms with Gasteiger partial charge in [0.05, 0.1) is 21.7 Å². The molecule has 3 rings (SSSR count). The number of aryl methyl sites for hydroxylation is 3. The van der Waals surface area contributed by atoms with Gasteiger partial charge >= 0.3 is 0 Å². The van der Waals surface area contributed by atoms with Crippen molar-refractivity contribution >= 4 is 22.7 Å². The average molecular weight is 387 g/mol. The van der Waals surface area contributed by atoms with E-state index in [4.69, 9.17) is 0 Å². The third-order valence-electron chi connectivity index (χ3n) is 4.60. The maximum atomic E-state index is 10.4. The molecule has 0 bridgehead atoms. The molecule has 2 aromatic heterocycles. The molecule has 138 valence electrons. The quantitative estimate of drug-likeness (QED) is 0.597. The second-order valence-corrected chi connectivity index (χ2v) is 8.89. The Kier molecular flexibility index (Phi) is 6.24. The number of benzene rings is 1. The van der Waals surface area contributed by atoms with Crippen LogP contribution in [0.1, 0.15) is 40.2 Å². The van der Waals surface area contributed by atoms with Gasteiger partial charge in [0.15, 0.2) is 0 Å². The second-order valence-electron chi connectivity index (χ2n) is 6.91. The lowest BCUT2D eigenvalue weighted by molar-refractivity contribution is 0.168. The number of aliphatic hydroxyl groups is 1. The number of thiophene rings is 1. The van der Waals surface area contributed by atoms with Gasteiger partial charge in [-0.25, -0.2) is 4.98 Å². The molecule has 0 fully saturated rings. The summed E-state index contributed by atoms with van der Waals surface area (Å²) in [5.41, 5.74) is 6.03. The summed E-state index contributed by atoms with van der Waals surface area (Å²) in [6, 6.07) is 8.81. The highest BCUT2D eigenvalue weighted by atomic mass is 32.1. The molecule has 0 aliphatic carbocycles. The monoisotopic (exact) mass is 386 g/mol. The number of hydrogen-bond acceptors (Lipinski definition) is 5. The van der Waals surface area contributed by atoms with Crippen molar-refractivity contribution in [3.05, 3.63) is 62.3 Å². The zero-order valence-corrected chi connectivity index (χ0v) is 17.4. The molecule has 26 heavy (non-hydrogen) atoms. The number of rotatable bonds is 7. The number of nitrogens with zero attached hydrogens (tertiary/aromatic N) is 1. The van der Waals surface area contributed by atoms with Gasteiger partial charge in [-0.3, -0.25) is 0 Å². The number of aliphatic hydroxyl groups excluding tert-OH is 1. The molecular weight excluding hydrogens is 360 g/mol. The Morgan fingerprint density at radius 2 is 1.92 bits per heavy atom. The van der Waals surface area contributed by atoms with Gasteiger partial charge < -0.3 is 10.4 Å². The highest BCUT2D eigenvalue weighted by molar-refractivity contribution is 7.14. The van der Waals surface area contributed by atoms with Gasteiger partial charge in [0.2, 0.25) is 0 Å². The van der Waals surface area contributed by atoms with Crippen molar-refractivity contribution < 1.29 is 5.11 Å². The van der Waals surface area contributed by atoms with E-state index in [1.165, 1.54) is 27.1 Å². The molecule has 3 nitrogen and oxygen atoms in total. The third kappa shape index (κ3) is 4.80. The van der Waals surface area contributed by atoms with E-state index < -0.39 is 6.10 Å². The van der Waals surface area contributed by atoms with Crippen molar-refractivity contribution in [1.29, 1.82) is 0 Å². The Labute approximate surface area is 163 Å². The molecule has 3 aromatic rings. The molecule has 0 aliphatic heterocycles. The van der Waals surface area contributed by atoms with Crippen LogP contribution in [0.15, 0.2) is 35.0 Å². The van der Waals surface area contributed by atoms with E-state index in [9.17, 15) is 5.11 Å². The lowest BCUT2D eigenvalue weighted by Gasteiger charge is -2.17. The van der Waals surface area contributed by atoms with Crippen LogP contribution < -0.4 is 5.32 Å². The zero-order valence-electron chi connectivity index (χ0n) is 15.7. The number of aromatic nitrogens is 1.